The molecule has 7 heteroatoms. The van der Waals surface area contributed by atoms with E-state index in [0.717, 1.165) is 18.2 Å². The van der Waals surface area contributed by atoms with Gasteiger partial charge in [0, 0.05) is 30.5 Å². The Morgan fingerprint density at radius 1 is 1.42 bits per heavy atom. The van der Waals surface area contributed by atoms with E-state index in [-0.39, 0.29) is 24.3 Å². The lowest BCUT2D eigenvalue weighted by atomic mass is 9.91. The molecule has 2 aromatic rings. The molecule has 140 valence electrons. The summed E-state index contributed by atoms with van der Waals surface area (Å²) in [5.41, 5.74) is 0.666. The highest BCUT2D eigenvalue weighted by molar-refractivity contribution is 5.92. The molecule has 2 aromatic heterocycles. The number of aliphatic hydroxyl groups excluding tert-OH is 1. The average Bonchev–Trinajstić information content (AvgIpc) is 3.05. The molecule has 1 aliphatic carbocycles. The second-order valence-electron chi connectivity index (χ2n) is 7.90. The molecular formula is C19H26N4O3. The molecule has 1 saturated heterocycles. The number of hydrogen-bond acceptors (Lipinski definition) is 5. The minimum absolute atomic E-state index is 0.107. The summed E-state index contributed by atoms with van der Waals surface area (Å²) >= 11 is 0. The van der Waals surface area contributed by atoms with E-state index in [0.29, 0.717) is 35.5 Å². The Kier molecular flexibility index (Phi) is 4.34. The fourth-order valence-electron chi connectivity index (χ4n) is 3.94. The molecule has 4 rings (SSSR count). The second kappa shape index (κ2) is 6.54. The van der Waals surface area contributed by atoms with E-state index in [4.69, 9.17) is 4.42 Å². The Morgan fingerprint density at radius 3 is 2.77 bits per heavy atom. The summed E-state index contributed by atoms with van der Waals surface area (Å²) in [5, 5.41) is 16.8. The number of aryl methyl sites for hydroxylation is 1. The number of carbonyl (C=O) groups excluding carboxylic acids is 1. The molecule has 0 aromatic carbocycles. The molecular weight excluding hydrogens is 332 g/mol. The molecule has 2 aliphatic rings. The van der Waals surface area contributed by atoms with Crippen molar-refractivity contribution in [2.45, 2.75) is 52.1 Å². The highest BCUT2D eigenvalue weighted by atomic mass is 16.4. The molecule has 0 unspecified atom stereocenters. The van der Waals surface area contributed by atoms with Crippen molar-refractivity contribution in [3.8, 4) is 0 Å². The molecule has 3 heterocycles. The number of aliphatic hydroxyl groups is 1. The van der Waals surface area contributed by atoms with Crippen molar-refractivity contribution in [3.05, 3.63) is 34.8 Å². The van der Waals surface area contributed by atoms with Crippen molar-refractivity contribution in [3.63, 3.8) is 0 Å². The van der Waals surface area contributed by atoms with Crippen LogP contribution in [-0.2, 0) is 6.61 Å². The molecule has 2 N–H and O–H groups in total. The predicted octanol–water partition coefficient (Wildman–Crippen LogP) is 2.59. The van der Waals surface area contributed by atoms with Crippen LogP contribution in [0.2, 0.25) is 0 Å². The van der Waals surface area contributed by atoms with Crippen molar-refractivity contribution in [1.29, 1.82) is 0 Å². The van der Waals surface area contributed by atoms with Gasteiger partial charge in [-0.3, -0.25) is 9.89 Å². The first-order valence-electron chi connectivity index (χ1n) is 9.39. The van der Waals surface area contributed by atoms with Crippen molar-refractivity contribution >= 4 is 5.91 Å². The molecule has 26 heavy (non-hydrogen) atoms. The number of aromatic nitrogens is 3. The van der Waals surface area contributed by atoms with E-state index in [9.17, 15) is 9.90 Å². The van der Waals surface area contributed by atoms with Gasteiger partial charge in [-0.05, 0) is 37.7 Å². The van der Waals surface area contributed by atoms with Crippen LogP contribution in [0, 0.1) is 18.8 Å². The fourth-order valence-corrected chi connectivity index (χ4v) is 3.94. The Bertz CT molecular complexity index is 806. The number of H-pyrrole nitrogens is 1. The van der Waals surface area contributed by atoms with Crippen LogP contribution in [0.25, 0.3) is 0 Å². The number of furan rings is 1. The fraction of sp³-hybridized carbons (Fsp3) is 0.632. The lowest BCUT2D eigenvalue weighted by Gasteiger charge is -2.14. The quantitative estimate of drug-likeness (QED) is 0.856. The molecule has 0 radical (unpaired) electrons. The normalized spacial score (nSPS) is 23.2. The SMILES string of the molecule is Cc1oc(C(=O)N2C[C@H](c3nc(C(C)C)n[nH]3)[C@@H](C3CC3)C2)cc1CO. The van der Waals surface area contributed by atoms with E-state index in [2.05, 4.69) is 29.0 Å². The van der Waals surface area contributed by atoms with E-state index in [1.54, 1.807) is 13.0 Å². The van der Waals surface area contributed by atoms with Crippen molar-refractivity contribution in [2.24, 2.45) is 11.8 Å². The lowest BCUT2D eigenvalue weighted by Crippen LogP contribution is -2.28. The highest BCUT2D eigenvalue weighted by Gasteiger charge is 2.46. The minimum Gasteiger partial charge on any atom is -0.456 e. The van der Waals surface area contributed by atoms with Gasteiger partial charge in [0.1, 0.15) is 11.6 Å². The number of nitrogens with one attached hydrogen (secondary N) is 1. The number of aromatic amines is 1. The zero-order valence-electron chi connectivity index (χ0n) is 15.5. The number of rotatable bonds is 5. The zero-order valence-corrected chi connectivity index (χ0v) is 15.5. The van der Waals surface area contributed by atoms with Crippen LogP contribution < -0.4 is 0 Å². The summed E-state index contributed by atoms with van der Waals surface area (Å²) in [5.74, 6) is 4.08. The van der Waals surface area contributed by atoms with Gasteiger partial charge in [-0.2, -0.15) is 5.10 Å². The number of amides is 1. The smallest absolute Gasteiger partial charge is 0.289 e. The van der Waals surface area contributed by atoms with Crippen molar-refractivity contribution in [2.75, 3.05) is 13.1 Å². The van der Waals surface area contributed by atoms with Crippen LogP contribution in [0.1, 0.15) is 72.1 Å². The standard InChI is InChI=1S/C19H26N4O3/c1-10(2)17-20-18(22-21-17)15-8-23(7-14(15)12-4-5-12)19(25)16-6-13(9-24)11(3)26-16/h6,10,12,14-15,24H,4-5,7-9H2,1-3H3,(H,20,21,22)/t14-,15+/m1/s1. The Labute approximate surface area is 152 Å². The van der Waals surface area contributed by atoms with Crippen molar-refractivity contribution in [1.82, 2.24) is 20.1 Å². The molecule has 0 spiro atoms. The Morgan fingerprint density at radius 2 is 2.19 bits per heavy atom. The third kappa shape index (κ3) is 3.05. The van der Waals surface area contributed by atoms with E-state index < -0.39 is 0 Å². The topological polar surface area (TPSA) is 95.3 Å². The third-order valence-electron chi connectivity index (χ3n) is 5.67. The van der Waals surface area contributed by atoms with Gasteiger partial charge >= 0.3 is 0 Å². The molecule has 1 aliphatic heterocycles. The van der Waals surface area contributed by atoms with Gasteiger partial charge in [0.25, 0.3) is 5.91 Å². The van der Waals surface area contributed by atoms with Gasteiger partial charge in [0.2, 0.25) is 0 Å². The van der Waals surface area contributed by atoms with Crippen LogP contribution in [0.15, 0.2) is 10.5 Å². The molecule has 1 saturated carbocycles. The first-order chi connectivity index (χ1) is 12.5. The maximum Gasteiger partial charge on any atom is 0.289 e. The lowest BCUT2D eigenvalue weighted by molar-refractivity contribution is 0.0751. The maximum absolute atomic E-state index is 12.9. The number of hydrogen-bond donors (Lipinski definition) is 2. The monoisotopic (exact) mass is 358 g/mol. The van der Waals surface area contributed by atoms with Gasteiger partial charge in [-0.25, -0.2) is 4.98 Å². The van der Waals surface area contributed by atoms with E-state index in [1.807, 2.05) is 4.90 Å². The number of likely N-dealkylation sites (tertiary alicyclic amines) is 1. The molecule has 7 nitrogen and oxygen atoms in total. The van der Waals surface area contributed by atoms with Crippen LogP contribution >= 0.6 is 0 Å². The summed E-state index contributed by atoms with van der Waals surface area (Å²) in [6, 6.07) is 1.66. The minimum atomic E-state index is -0.119. The van der Waals surface area contributed by atoms with Gasteiger partial charge in [-0.1, -0.05) is 13.8 Å². The van der Waals surface area contributed by atoms with Crippen LogP contribution in [0.3, 0.4) is 0 Å². The van der Waals surface area contributed by atoms with E-state index >= 15 is 0 Å². The largest absolute Gasteiger partial charge is 0.456 e. The predicted molar refractivity (Wildman–Crippen MR) is 94.7 cm³/mol. The summed E-state index contributed by atoms with van der Waals surface area (Å²) in [7, 11) is 0. The first kappa shape index (κ1) is 17.3. The average molecular weight is 358 g/mol. The van der Waals surface area contributed by atoms with E-state index in [1.165, 1.54) is 12.8 Å². The first-order valence-corrected chi connectivity index (χ1v) is 9.39. The van der Waals surface area contributed by atoms with Gasteiger partial charge in [0.15, 0.2) is 11.6 Å². The highest BCUT2D eigenvalue weighted by Crippen LogP contribution is 2.47. The summed E-state index contributed by atoms with van der Waals surface area (Å²) in [4.78, 5) is 19.5. The molecule has 2 atom stereocenters. The molecule has 0 bridgehead atoms. The van der Waals surface area contributed by atoms with Crippen LogP contribution in [0.4, 0.5) is 0 Å². The Hall–Kier alpha value is -2.15. The van der Waals surface area contributed by atoms with Crippen LogP contribution in [-0.4, -0.2) is 44.2 Å². The zero-order chi connectivity index (χ0) is 18.4. The Balaban J connectivity index is 1.56. The van der Waals surface area contributed by atoms with Crippen molar-refractivity contribution < 1.29 is 14.3 Å². The third-order valence-corrected chi connectivity index (χ3v) is 5.67. The summed E-state index contributed by atoms with van der Waals surface area (Å²) in [6.45, 7) is 7.15. The summed E-state index contributed by atoms with van der Waals surface area (Å²) in [6.07, 6.45) is 2.45. The van der Waals surface area contributed by atoms with Gasteiger partial charge in [-0.15, -0.1) is 0 Å². The summed E-state index contributed by atoms with van der Waals surface area (Å²) < 4.78 is 5.58. The second-order valence-corrected chi connectivity index (χ2v) is 7.90. The van der Waals surface area contributed by atoms with Gasteiger partial charge in [0.05, 0.1) is 6.61 Å². The molecule has 1 amide bonds. The number of carbonyl (C=O) groups is 1. The van der Waals surface area contributed by atoms with Crippen LogP contribution in [0.5, 0.6) is 0 Å². The maximum atomic E-state index is 12.9. The number of nitrogens with zero attached hydrogens (tertiary/aromatic N) is 3. The van der Waals surface area contributed by atoms with Gasteiger partial charge < -0.3 is 14.4 Å². The molecule has 2 fully saturated rings.